The van der Waals surface area contributed by atoms with E-state index in [2.05, 4.69) is 18.3 Å². The first-order valence-electron chi connectivity index (χ1n) is 3.10. The molecule has 0 aromatic rings. The van der Waals surface area contributed by atoms with Crippen LogP contribution in [0.5, 0.6) is 0 Å². The van der Waals surface area contributed by atoms with Crippen LogP contribution in [-0.4, -0.2) is 38.5 Å². The first-order chi connectivity index (χ1) is 4.29. The maximum absolute atomic E-state index is 5.23. The van der Waals surface area contributed by atoms with E-state index in [-0.39, 0.29) is 7.92 Å². The van der Waals surface area contributed by atoms with E-state index in [0.29, 0.717) is 0 Å². The molecule has 0 unspecified atom stereocenters. The molecule has 9 heavy (non-hydrogen) atoms. The molecule has 0 radical (unpaired) electrons. The smallest absolute Gasteiger partial charge is 0.187 e. The zero-order chi connectivity index (χ0) is 6.69. The van der Waals surface area contributed by atoms with Gasteiger partial charge < -0.3 is 4.74 Å². The van der Waals surface area contributed by atoms with E-state index in [0.717, 1.165) is 25.2 Å². The van der Waals surface area contributed by atoms with Crippen molar-refractivity contribution in [3.8, 4) is 0 Å². The summed E-state index contributed by atoms with van der Waals surface area (Å²) in [5.74, 6) is 0.978. The summed E-state index contributed by atoms with van der Waals surface area (Å²) < 4.78 is 5.23. The molecular formula is C6H12NOP. The fourth-order valence-electron chi connectivity index (χ4n) is 0.746. The van der Waals surface area contributed by atoms with Crippen LogP contribution in [0.25, 0.3) is 0 Å². The fourth-order valence-corrected chi connectivity index (χ4v) is 1.48. The molecule has 1 rings (SSSR count). The summed E-state index contributed by atoms with van der Waals surface area (Å²) in [4.78, 5) is 4.19. The molecule has 3 heteroatoms. The lowest BCUT2D eigenvalue weighted by Crippen LogP contribution is -2.02. The summed E-state index contributed by atoms with van der Waals surface area (Å²) in [5, 5.41) is 0. The predicted molar refractivity (Wildman–Crippen MR) is 41.9 cm³/mol. The Morgan fingerprint density at radius 2 is 2.44 bits per heavy atom. The molecule has 0 aromatic heterocycles. The molecule has 0 saturated heterocycles. The normalized spacial score (nSPS) is 17.9. The van der Waals surface area contributed by atoms with E-state index in [1.807, 2.05) is 0 Å². The highest BCUT2D eigenvalue weighted by Crippen LogP contribution is 2.24. The Balaban J connectivity index is 2.26. The fraction of sp³-hybridized carbons (Fsp3) is 0.833. The van der Waals surface area contributed by atoms with Gasteiger partial charge in [0.2, 0.25) is 0 Å². The lowest BCUT2D eigenvalue weighted by Gasteiger charge is -2.03. The molecule has 0 amide bonds. The van der Waals surface area contributed by atoms with Gasteiger partial charge in [0, 0.05) is 6.16 Å². The molecule has 0 N–H and O–H groups in total. The second-order valence-electron chi connectivity index (χ2n) is 2.36. The molecule has 52 valence electrons. The number of rotatable bonds is 2. The van der Waals surface area contributed by atoms with E-state index in [1.165, 1.54) is 0 Å². The third-order valence-electron chi connectivity index (χ3n) is 1.10. The number of nitrogens with zero attached hydrogens (tertiary/aromatic N) is 1. The maximum atomic E-state index is 5.23. The average molecular weight is 145 g/mol. The number of ether oxygens (including phenoxy) is 1. The van der Waals surface area contributed by atoms with E-state index in [9.17, 15) is 0 Å². The quantitative estimate of drug-likeness (QED) is 0.534. The minimum Gasteiger partial charge on any atom is -0.479 e. The van der Waals surface area contributed by atoms with Crippen molar-refractivity contribution in [1.29, 1.82) is 0 Å². The molecule has 2 nitrogen and oxygen atoms in total. The van der Waals surface area contributed by atoms with Crippen LogP contribution in [0.1, 0.15) is 0 Å². The van der Waals surface area contributed by atoms with Crippen LogP contribution < -0.4 is 0 Å². The Kier molecular flexibility index (Phi) is 2.47. The molecule has 0 fully saturated rings. The summed E-state index contributed by atoms with van der Waals surface area (Å²) >= 11 is 0. The van der Waals surface area contributed by atoms with Gasteiger partial charge in [-0.15, -0.1) is 7.92 Å². The van der Waals surface area contributed by atoms with Crippen molar-refractivity contribution in [2.45, 2.75) is 0 Å². The van der Waals surface area contributed by atoms with Crippen molar-refractivity contribution in [3.05, 3.63) is 0 Å². The van der Waals surface area contributed by atoms with Crippen LogP contribution in [0.2, 0.25) is 0 Å². The van der Waals surface area contributed by atoms with Gasteiger partial charge in [0.25, 0.3) is 0 Å². The van der Waals surface area contributed by atoms with Gasteiger partial charge in [-0.1, -0.05) is 0 Å². The maximum Gasteiger partial charge on any atom is 0.187 e. The molecule has 0 spiro atoms. The second kappa shape index (κ2) is 3.17. The monoisotopic (exact) mass is 145 g/mol. The molecule has 0 aromatic carbocycles. The summed E-state index contributed by atoms with van der Waals surface area (Å²) in [6, 6.07) is 0. The average Bonchev–Trinajstić information content (AvgIpc) is 2.15. The van der Waals surface area contributed by atoms with Crippen LogP contribution >= 0.6 is 7.92 Å². The molecule has 0 saturated carbocycles. The SMILES string of the molecule is CP(C)CC1=NCCO1. The largest absolute Gasteiger partial charge is 0.479 e. The molecule has 0 atom stereocenters. The summed E-state index contributed by atoms with van der Waals surface area (Å²) in [6.07, 6.45) is 1.06. The molecule has 1 heterocycles. The van der Waals surface area contributed by atoms with Crippen LogP contribution in [0.3, 0.4) is 0 Å². The molecule has 0 aliphatic carbocycles. The van der Waals surface area contributed by atoms with Gasteiger partial charge in [0.05, 0.1) is 6.54 Å². The van der Waals surface area contributed by atoms with Gasteiger partial charge in [-0.25, -0.2) is 0 Å². The van der Waals surface area contributed by atoms with Crippen molar-refractivity contribution in [2.75, 3.05) is 32.6 Å². The molecule has 0 bridgehead atoms. The number of hydrogen-bond acceptors (Lipinski definition) is 2. The molecule has 1 aliphatic heterocycles. The number of hydrogen-bond donors (Lipinski definition) is 0. The van der Waals surface area contributed by atoms with Crippen LogP contribution in [0.15, 0.2) is 4.99 Å². The summed E-state index contributed by atoms with van der Waals surface area (Å²) in [6.45, 7) is 6.15. The zero-order valence-electron chi connectivity index (χ0n) is 5.92. The lowest BCUT2D eigenvalue weighted by molar-refractivity contribution is 0.345. The highest BCUT2D eigenvalue weighted by atomic mass is 31.1. The lowest BCUT2D eigenvalue weighted by atomic mass is 10.7. The van der Waals surface area contributed by atoms with Crippen molar-refractivity contribution in [2.24, 2.45) is 4.99 Å². The minimum absolute atomic E-state index is 0.133. The Morgan fingerprint density at radius 3 is 2.89 bits per heavy atom. The van der Waals surface area contributed by atoms with Crippen LogP contribution in [0.4, 0.5) is 0 Å². The van der Waals surface area contributed by atoms with Gasteiger partial charge >= 0.3 is 0 Å². The van der Waals surface area contributed by atoms with Gasteiger partial charge in [-0.3, -0.25) is 4.99 Å². The van der Waals surface area contributed by atoms with Gasteiger partial charge in [0.1, 0.15) is 6.61 Å². The highest BCUT2D eigenvalue weighted by Gasteiger charge is 2.07. The second-order valence-corrected chi connectivity index (χ2v) is 4.84. The summed E-state index contributed by atoms with van der Waals surface area (Å²) in [5.41, 5.74) is 0. The Bertz CT molecular complexity index is 122. The van der Waals surface area contributed by atoms with Crippen LogP contribution in [-0.2, 0) is 4.74 Å². The number of aliphatic imine (C=N–C) groups is 1. The molecular weight excluding hydrogens is 133 g/mol. The molecule has 1 aliphatic rings. The Hall–Kier alpha value is -0.100. The van der Waals surface area contributed by atoms with Crippen molar-refractivity contribution >= 4 is 13.8 Å². The van der Waals surface area contributed by atoms with Gasteiger partial charge in [-0.2, -0.15) is 0 Å². The van der Waals surface area contributed by atoms with Crippen molar-refractivity contribution in [1.82, 2.24) is 0 Å². The highest BCUT2D eigenvalue weighted by molar-refractivity contribution is 7.56. The van der Waals surface area contributed by atoms with Gasteiger partial charge in [-0.05, 0) is 13.3 Å². The third-order valence-corrected chi connectivity index (χ3v) is 2.00. The zero-order valence-corrected chi connectivity index (χ0v) is 6.82. The van der Waals surface area contributed by atoms with E-state index < -0.39 is 0 Å². The van der Waals surface area contributed by atoms with E-state index >= 15 is 0 Å². The predicted octanol–water partition coefficient (Wildman–Crippen LogP) is 1.16. The Morgan fingerprint density at radius 1 is 1.67 bits per heavy atom. The summed E-state index contributed by atoms with van der Waals surface area (Å²) in [7, 11) is 0.133. The van der Waals surface area contributed by atoms with Crippen molar-refractivity contribution in [3.63, 3.8) is 0 Å². The third kappa shape index (κ3) is 2.31. The van der Waals surface area contributed by atoms with E-state index in [1.54, 1.807) is 0 Å². The van der Waals surface area contributed by atoms with E-state index in [4.69, 9.17) is 4.74 Å². The standard InChI is InChI=1S/C6H12NOP/c1-9(2)5-6-7-3-4-8-6/h3-5H2,1-2H3. The topological polar surface area (TPSA) is 21.6 Å². The minimum atomic E-state index is 0.133. The first kappa shape index (κ1) is 7.01. The Labute approximate surface area is 57.1 Å². The van der Waals surface area contributed by atoms with Crippen molar-refractivity contribution < 1.29 is 4.74 Å². The first-order valence-corrected chi connectivity index (χ1v) is 5.52. The van der Waals surface area contributed by atoms with Gasteiger partial charge in [0.15, 0.2) is 5.90 Å². The van der Waals surface area contributed by atoms with Crippen LogP contribution in [0, 0.1) is 0 Å².